The van der Waals surface area contributed by atoms with Gasteiger partial charge in [-0.25, -0.2) is 0 Å². The van der Waals surface area contributed by atoms with Gasteiger partial charge in [0, 0.05) is 12.6 Å². The lowest BCUT2D eigenvalue weighted by molar-refractivity contribution is -0.0512. The van der Waals surface area contributed by atoms with Gasteiger partial charge in [0.15, 0.2) is 0 Å². The summed E-state index contributed by atoms with van der Waals surface area (Å²) in [4.78, 5) is 0. The van der Waals surface area contributed by atoms with Gasteiger partial charge in [-0.1, -0.05) is 0 Å². The average molecular weight is 275 g/mol. The molecule has 0 unspecified atom stereocenters. The molecular formula is C16H25N3O. The van der Waals surface area contributed by atoms with Gasteiger partial charge >= 0.3 is 0 Å². The van der Waals surface area contributed by atoms with Crippen LogP contribution in [0.3, 0.4) is 0 Å². The summed E-state index contributed by atoms with van der Waals surface area (Å²) in [6.45, 7) is 0.873. The zero-order valence-corrected chi connectivity index (χ0v) is 12.6. The van der Waals surface area contributed by atoms with E-state index in [1.807, 2.05) is 7.05 Å². The minimum atomic E-state index is 0.289. The molecule has 4 fully saturated rings. The Hall–Kier alpha value is -1.03. The monoisotopic (exact) mass is 275 g/mol. The molecule has 4 saturated carbocycles. The van der Waals surface area contributed by atoms with Crippen LogP contribution in [0.15, 0.2) is 6.07 Å². The Labute approximate surface area is 120 Å². The van der Waals surface area contributed by atoms with Crippen molar-refractivity contribution in [3.8, 4) is 5.88 Å². The molecule has 5 rings (SSSR count). The number of aromatic nitrogens is 2. The third kappa shape index (κ3) is 1.80. The zero-order chi connectivity index (χ0) is 13.7. The van der Waals surface area contributed by atoms with Crippen molar-refractivity contribution >= 4 is 0 Å². The van der Waals surface area contributed by atoms with Crippen molar-refractivity contribution in [3.05, 3.63) is 11.8 Å². The van der Waals surface area contributed by atoms with Gasteiger partial charge in [-0.3, -0.25) is 4.68 Å². The lowest BCUT2D eigenvalue weighted by Gasteiger charge is -2.56. The van der Waals surface area contributed by atoms with Crippen molar-refractivity contribution in [2.24, 2.45) is 17.8 Å². The first kappa shape index (κ1) is 12.7. The predicted octanol–water partition coefficient (Wildman–Crippen LogP) is 2.54. The highest BCUT2D eigenvalue weighted by Crippen LogP contribution is 2.59. The number of hydrogen-bond donors (Lipinski definition) is 1. The number of rotatable bonds is 4. The molecule has 0 atom stereocenters. The van der Waals surface area contributed by atoms with Gasteiger partial charge in [-0.15, -0.1) is 5.10 Å². The average Bonchev–Trinajstić information content (AvgIpc) is 2.81. The standard InChI is InChI=1S/C16H25N3O/c1-17-10-14-6-15(20-2)18-19(14)16-7-11-3-12(8-16)5-13(4-11)9-16/h6,11-13,17H,3-5,7-10H2,1-2H3. The fourth-order valence-electron chi connectivity index (χ4n) is 5.54. The van der Waals surface area contributed by atoms with Gasteiger partial charge in [-0.05, 0) is 63.3 Å². The van der Waals surface area contributed by atoms with E-state index in [-0.39, 0.29) is 5.54 Å². The molecule has 0 spiro atoms. The second-order valence-electron chi connectivity index (χ2n) is 7.26. The lowest BCUT2D eigenvalue weighted by Crippen LogP contribution is -2.52. The molecule has 1 aromatic heterocycles. The largest absolute Gasteiger partial charge is 0.480 e. The molecule has 1 N–H and O–H groups in total. The zero-order valence-electron chi connectivity index (χ0n) is 12.6. The molecule has 4 aliphatic rings. The molecule has 1 aromatic rings. The van der Waals surface area contributed by atoms with Gasteiger partial charge in [-0.2, -0.15) is 0 Å². The molecule has 4 aliphatic carbocycles. The molecule has 110 valence electrons. The van der Waals surface area contributed by atoms with Crippen molar-refractivity contribution < 1.29 is 4.74 Å². The summed E-state index contributed by atoms with van der Waals surface area (Å²) in [5, 5.41) is 8.07. The molecule has 20 heavy (non-hydrogen) atoms. The third-order valence-electron chi connectivity index (χ3n) is 5.78. The van der Waals surface area contributed by atoms with E-state index in [2.05, 4.69) is 16.1 Å². The SMILES string of the molecule is CNCc1cc(OC)nn1C12CC3CC(CC(C3)C1)C2. The number of hydrogen-bond acceptors (Lipinski definition) is 3. The summed E-state index contributed by atoms with van der Waals surface area (Å²) in [5.74, 6) is 3.60. The molecule has 0 saturated heterocycles. The summed E-state index contributed by atoms with van der Waals surface area (Å²) in [5.41, 5.74) is 1.57. The quantitative estimate of drug-likeness (QED) is 0.918. The first-order valence-electron chi connectivity index (χ1n) is 8.00. The fourth-order valence-corrected chi connectivity index (χ4v) is 5.54. The Bertz CT molecular complexity index is 473. The molecule has 4 nitrogen and oxygen atoms in total. The minimum absolute atomic E-state index is 0.289. The van der Waals surface area contributed by atoms with Crippen LogP contribution in [0, 0.1) is 17.8 Å². The first-order valence-corrected chi connectivity index (χ1v) is 8.00. The van der Waals surface area contributed by atoms with Crippen LogP contribution in [0.1, 0.15) is 44.2 Å². The molecule has 0 radical (unpaired) electrons. The molecule has 0 aromatic carbocycles. The summed E-state index contributed by atoms with van der Waals surface area (Å²) in [6.07, 6.45) is 8.42. The highest BCUT2D eigenvalue weighted by atomic mass is 16.5. The van der Waals surface area contributed by atoms with Crippen LogP contribution in [-0.2, 0) is 12.1 Å². The fraction of sp³-hybridized carbons (Fsp3) is 0.812. The maximum absolute atomic E-state index is 5.39. The number of nitrogens with zero attached hydrogens (tertiary/aromatic N) is 2. The van der Waals surface area contributed by atoms with Gasteiger partial charge in [0.2, 0.25) is 5.88 Å². The van der Waals surface area contributed by atoms with Crippen LogP contribution >= 0.6 is 0 Å². The Morgan fingerprint density at radius 2 is 1.85 bits per heavy atom. The van der Waals surface area contributed by atoms with Crippen LogP contribution in [0.4, 0.5) is 0 Å². The molecule has 1 heterocycles. The van der Waals surface area contributed by atoms with Crippen LogP contribution < -0.4 is 10.1 Å². The number of nitrogens with one attached hydrogen (secondary N) is 1. The van der Waals surface area contributed by atoms with E-state index in [0.29, 0.717) is 0 Å². The second-order valence-corrected chi connectivity index (χ2v) is 7.26. The van der Waals surface area contributed by atoms with Crippen LogP contribution in [0.5, 0.6) is 5.88 Å². The maximum Gasteiger partial charge on any atom is 0.232 e. The predicted molar refractivity (Wildman–Crippen MR) is 77.7 cm³/mol. The van der Waals surface area contributed by atoms with E-state index in [1.54, 1.807) is 7.11 Å². The van der Waals surface area contributed by atoms with E-state index in [9.17, 15) is 0 Å². The normalized spacial score (nSPS) is 38.4. The van der Waals surface area contributed by atoms with Gasteiger partial charge < -0.3 is 10.1 Å². The second kappa shape index (κ2) is 4.48. The minimum Gasteiger partial charge on any atom is -0.480 e. The van der Waals surface area contributed by atoms with Crippen molar-refractivity contribution in [2.45, 2.75) is 50.6 Å². The summed E-state index contributed by atoms with van der Waals surface area (Å²) in [7, 11) is 3.72. The summed E-state index contributed by atoms with van der Waals surface area (Å²) >= 11 is 0. The van der Waals surface area contributed by atoms with Crippen LogP contribution in [-0.4, -0.2) is 23.9 Å². The molecule has 0 amide bonds. The first-order chi connectivity index (χ1) is 9.72. The maximum atomic E-state index is 5.39. The van der Waals surface area contributed by atoms with Gasteiger partial charge in [0.1, 0.15) is 0 Å². The lowest BCUT2D eigenvalue weighted by atomic mass is 9.53. The van der Waals surface area contributed by atoms with E-state index in [1.165, 1.54) is 44.2 Å². The molecule has 0 aliphatic heterocycles. The Balaban J connectivity index is 1.74. The van der Waals surface area contributed by atoms with E-state index < -0.39 is 0 Å². The number of ether oxygens (including phenoxy) is 1. The van der Waals surface area contributed by atoms with E-state index >= 15 is 0 Å². The summed E-state index contributed by atoms with van der Waals surface area (Å²) in [6, 6.07) is 2.11. The molecule has 4 bridgehead atoms. The summed E-state index contributed by atoms with van der Waals surface area (Å²) < 4.78 is 7.73. The van der Waals surface area contributed by atoms with Gasteiger partial charge in [0.25, 0.3) is 0 Å². The highest BCUT2D eigenvalue weighted by Gasteiger charge is 2.53. The van der Waals surface area contributed by atoms with E-state index in [0.717, 1.165) is 30.2 Å². The van der Waals surface area contributed by atoms with Gasteiger partial charge in [0.05, 0.1) is 18.3 Å². The van der Waals surface area contributed by atoms with Crippen molar-refractivity contribution in [3.63, 3.8) is 0 Å². The highest BCUT2D eigenvalue weighted by molar-refractivity contribution is 5.19. The van der Waals surface area contributed by atoms with Crippen molar-refractivity contribution in [1.82, 2.24) is 15.1 Å². The Morgan fingerprint density at radius 3 is 2.35 bits per heavy atom. The van der Waals surface area contributed by atoms with Crippen LogP contribution in [0.25, 0.3) is 0 Å². The molecular weight excluding hydrogens is 250 g/mol. The van der Waals surface area contributed by atoms with Crippen LogP contribution in [0.2, 0.25) is 0 Å². The Kier molecular flexibility index (Phi) is 2.85. The topological polar surface area (TPSA) is 39.1 Å². The van der Waals surface area contributed by atoms with Crippen molar-refractivity contribution in [1.29, 1.82) is 0 Å². The van der Waals surface area contributed by atoms with E-state index in [4.69, 9.17) is 9.84 Å². The number of methoxy groups -OCH3 is 1. The van der Waals surface area contributed by atoms with Crippen molar-refractivity contribution in [2.75, 3.05) is 14.2 Å². The third-order valence-corrected chi connectivity index (χ3v) is 5.78. The molecule has 4 heteroatoms. The smallest absolute Gasteiger partial charge is 0.232 e. The Morgan fingerprint density at radius 1 is 1.25 bits per heavy atom.